The van der Waals surface area contributed by atoms with Crippen molar-refractivity contribution in [2.24, 2.45) is 11.8 Å². The van der Waals surface area contributed by atoms with Gasteiger partial charge in [-0.2, -0.15) is 0 Å². The molecule has 112 valence electrons. The number of nitrogens with zero attached hydrogens (tertiary/aromatic N) is 1. The van der Waals surface area contributed by atoms with Crippen LogP contribution in [-0.4, -0.2) is 17.3 Å². The van der Waals surface area contributed by atoms with E-state index in [1.807, 2.05) is 36.4 Å². The van der Waals surface area contributed by atoms with Crippen molar-refractivity contribution in [1.82, 2.24) is 0 Å². The second-order valence-corrected chi connectivity index (χ2v) is 6.30. The highest BCUT2D eigenvalue weighted by molar-refractivity contribution is 9.11. The maximum Gasteiger partial charge on any atom is 0.211 e. The van der Waals surface area contributed by atoms with Crippen molar-refractivity contribution in [2.75, 3.05) is 6.54 Å². The molecule has 5 heteroatoms. The van der Waals surface area contributed by atoms with Crippen molar-refractivity contribution < 1.29 is 9.72 Å². The van der Waals surface area contributed by atoms with E-state index in [1.54, 1.807) is 0 Å². The van der Waals surface area contributed by atoms with E-state index in [1.165, 1.54) is 0 Å². The monoisotopic (exact) mass is 351 g/mol. The average Bonchev–Trinajstić information content (AvgIpc) is 2.46. The van der Waals surface area contributed by atoms with Crippen LogP contribution in [-0.2, 0) is 4.79 Å². The molecule has 0 bridgehead atoms. The molecule has 1 fully saturated rings. The molecule has 2 rings (SSSR count). The van der Waals surface area contributed by atoms with E-state index < -0.39 is 0 Å². The summed E-state index contributed by atoms with van der Waals surface area (Å²) in [4.78, 5) is 22.7. The van der Waals surface area contributed by atoms with Gasteiger partial charge in [-0.15, -0.1) is 0 Å². The van der Waals surface area contributed by atoms with E-state index in [0.29, 0.717) is 6.42 Å². The van der Waals surface area contributed by atoms with Gasteiger partial charge in [0.05, 0.1) is 5.92 Å². The summed E-state index contributed by atoms with van der Waals surface area (Å²) in [5.41, 5.74) is 0.973. The van der Waals surface area contributed by atoms with E-state index in [2.05, 4.69) is 15.9 Å². The second kappa shape index (κ2) is 7.50. The Bertz CT molecular complexity index is 542. The average molecular weight is 352 g/mol. The fourth-order valence-corrected chi connectivity index (χ4v) is 3.55. The first-order valence-electron chi connectivity index (χ1n) is 7.14. The van der Waals surface area contributed by atoms with Gasteiger partial charge in [0.2, 0.25) is 6.54 Å². The zero-order valence-electron chi connectivity index (χ0n) is 11.7. The number of rotatable bonds is 5. The Labute approximate surface area is 132 Å². The Balaban J connectivity index is 2.24. The van der Waals surface area contributed by atoms with Gasteiger partial charge >= 0.3 is 0 Å². The first kappa shape index (κ1) is 15.9. The predicted octanol–water partition coefficient (Wildman–Crippen LogP) is 4.07. The second-order valence-electron chi connectivity index (χ2n) is 5.38. The molecule has 2 atom stereocenters. The van der Waals surface area contributed by atoms with Gasteiger partial charge in [-0.3, -0.25) is 14.9 Å². The third-order valence-corrected chi connectivity index (χ3v) is 4.71. The minimum atomic E-state index is -0.368. The van der Waals surface area contributed by atoms with Gasteiger partial charge in [0.25, 0.3) is 0 Å². The van der Waals surface area contributed by atoms with Crippen LogP contribution in [0.1, 0.15) is 31.2 Å². The Hall–Kier alpha value is -1.49. The van der Waals surface area contributed by atoms with Crippen molar-refractivity contribution in [3.63, 3.8) is 0 Å². The predicted molar refractivity (Wildman–Crippen MR) is 85.7 cm³/mol. The number of carbonyl (C=O) groups excluding carboxylic acids is 1. The van der Waals surface area contributed by atoms with Crippen LogP contribution in [0, 0.1) is 22.0 Å². The topological polar surface area (TPSA) is 60.2 Å². The molecule has 1 aromatic rings. The highest BCUT2D eigenvalue weighted by Gasteiger charge is 2.35. The van der Waals surface area contributed by atoms with E-state index in [0.717, 1.165) is 29.3 Å². The van der Waals surface area contributed by atoms with Crippen molar-refractivity contribution in [3.05, 3.63) is 50.5 Å². The minimum absolute atomic E-state index is 0.159. The van der Waals surface area contributed by atoms with Gasteiger partial charge in [-0.1, -0.05) is 52.7 Å². The third kappa shape index (κ3) is 4.49. The lowest BCUT2D eigenvalue weighted by atomic mass is 9.78. The fraction of sp³-hybridized carbons (Fsp3) is 0.438. The summed E-state index contributed by atoms with van der Waals surface area (Å²) in [7, 11) is 0. The Morgan fingerprint density at radius 1 is 1.38 bits per heavy atom. The summed E-state index contributed by atoms with van der Waals surface area (Å²) < 4.78 is 0.741. The lowest BCUT2D eigenvalue weighted by Crippen LogP contribution is -2.31. The maximum atomic E-state index is 12.1. The fourth-order valence-electron chi connectivity index (χ4n) is 2.82. The van der Waals surface area contributed by atoms with Gasteiger partial charge in [0.1, 0.15) is 5.78 Å². The molecule has 0 amide bonds. The highest BCUT2D eigenvalue weighted by Crippen LogP contribution is 2.35. The SMILES string of the molecule is O=C1CCCC[C@H]1[C@@H](C[N+](=O)[O-])/C(Br)=C/c1ccccc1. The molecule has 1 aliphatic rings. The molecule has 0 aliphatic heterocycles. The molecule has 1 aliphatic carbocycles. The summed E-state index contributed by atoms with van der Waals surface area (Å²) in [5, 5.41) is 11.0. The molecule has 0 radical (unpaired) electrons. The summed E-state index contributed by atoms with van der Waals surface area (Å²) in [5.74, 6) is -0.446. The van der Waals surface area contributed by atoms with Gasteiger partial charge in [0, 0.05) is 21.7 Å². The number of carbonyl (C=O) groups is 1. The Morgan fingerprint density at radius 2 is 2.10 bits per heavy atom. The molecule has 4 nitrogen and oxygen atoms in total. The van der Waals surface area contributed by atoms with Gasteiger partial charge in [-0.05, 0) is 24.5 Å². The number of Topliss-reactive ketones (excluding diaryl/α,β-unsaturated/α-hetero) is 1. The number of nitro groups is 1. The molecule has 0 aromatic heterocycles. The van der Waals surface area contributed by atoms with Crippen LogP contribution in [0.3, 0.4) is 0 Å². The molecule has 1 saturated carbocycles. The number of benzene rings is 1. The summed E-state index contributed by atoms with van der Waals surface area (Å²) in [6.45, 7) is -0.208. The van der Waals surface area contributed by atoms with Crippen LogP contribution in [0.2, 0.25) is 0 Å². The van der Waals surface area contributed by atoms with Crippen LogP contribution >= 0.6 is 15.9 Å². The van der Waals surface area contributed by atoms with Gasteiger partial charge in [-0.25, -0.2) is 0 Å². The largest absolute Gasteiger partial charge is 0.299 e. The van der Waals surface area contributed by atoms with Crippen molar-refractivity contribution in [2.45, 2.75) is 25.7 Å². The Morgan fingerprint density at radius 3 is 2.71 bits per heavy atom. The quantitative estimate of drug-likeness (QED) is 0.593. The zero-order valence-corrected chi connectivity index (χ0v) is 13.3. The van der Waals surface area contributed by atoms with Crippen LogP contribution in [0.25, 0.3) is 6.08 Å². The van der Waals surface area contributed by atoms with Gasteiger partial charge < -0.3 is 0 Å². The lowest BCUT2D eigenvalue weighted by Gasteiger charge is -2.26. The first-order chi connectivity index (χ1) is 10.1. The Kier molecular flexibility index (Phi) is 5.67. The normalized spacial score (nSPS) is 21.1. The zero-order chi connectivity index (χ0) is 15.2. The maximum absolute atomic E-state index is 12.1. The number of ketones is 1. The van der Waals surface area contributed by atoms with E-state index in [9.17, 15) is 14.9 Å². The first-order valence-corrected chi connectivity index (χ1v) is 7.94. The molecular formula is C16H18BrNO3. The molecular weight excluding hydrogens is 334 g/mol. The number of halogens is 1. The molecule has 0 N–H and O–H groups in total. The molecule has 0 heterocycles. The van der Waals surface area contributed by atoms with Crippen LogP contribution < -0.4 is 0 Å². The molecule has 0 saturated heterocycles. The standard InChI is InChI=1S/C16H18BrNO3/c17-15(10-12-6-2-1-3-7-12)14(11-18(20)21)13-8-4-5-9-16(13)19/h1-3,6-7,10,13-14H,4-5,8-9,11H2/b15-10-/t13-,14+/m0/s1. The highest BCUT2D eigenvalue weighted by atomic mass is 79.9. The summed E-state index contributed by atoms with van der Waals surface area (Å²) in [6, 6.07) is 9.63. The van der Waals surface area contributed by atoms with Gasteiger partial charge in [0.15, 0.2) is 0 Å². The van der Waals surface area contributed by atoms with Crippen LogP contribution in [0.5, 0.6) is 0 Å². The molecule has 1 aromatic carbocycles. The smallest absolute Gasteiger partial charge is 0.211 e. The van der Waals surface area contributed by atoms with Crippen molar-refractivity contribution in [3.8, 4) is 0 Å². The minimum Gasteiger partial charge on any atom is -0.299 e. The van der Waals surface area contributed by atoms with E-state index in [-0.39, 0.29) is 29.1 Å². The number of hydrogen-bond acceptors (Lipinski definition) is 3. The van der Waals surface area contributed by atoms with Crippen molar-refractivity contribution in [1.29, 1.82) is 0 Å². The number of hydrogen-bond donors (Lipinski definition) is 0. The third-order valence-electron chi connectivity index (χ3n) is 3.89. The molecule has 0 spiro atoms. The molecule has 0 unspecified atom stereocenters. The lowest BCUT2D eigenvalue weighted by molar-refractivity contribution is -0.487. The van der Waals surface area contributed by atoms with E-state index in [4.69, 9.17) is 0 Å². The summed E-state index contributed by atoms with van der Waals surface area (Å²) >= 11 is 3.48. The van der Waals surface area contributed by atoms with Crippen molar-refractivity contribution >= 4 is 27.8 Å². The summed E-state index contributed by atoms with van der Waals surface area (Å²) in [6.07, 6.45) is 5.05. The van der Waals surface area contributed by atoms with Crippen LogP contribution in [0.4, 0.5) is 0 Å². The molecule has 21 heavy (non-hydrogen) atoms. The van der Waals surface area contributed by atoms with E-state index >= 15 is 0 Å². The van der Waals surface area contributed by atoms with Crippen LogP contribution in [0.15, 0.2) is 34.8 Å².